The number of carbonyl (C=O) groups excluding carboxylic acids is 2. The Kier molecular flexibility index (Phi) is 30.0. The van der Waals surface area contributed by atoms with Crippen molar-refractivity contribution in [3.8, 4) is 0 Å². The van der Waals surface area contributed by atoms with Crippen LogP contribution in [0.5, 0.6) is 0 Å². The summed E-state index contributed by atoms with van der Waals surface area (Å²) in [5.74, 6) is -6.75. The van der Waals surface area contributed by atoms with Gasteiger partial charge in [0, 0.05) is 31.6 Å². The molecule has 0 spiro atoms. The number of ketones is 1. The van der Waals surface area contributed by atoms with Gasteiger partial charge in [-0.2, -0.15) is 0 Å². The molecule has 15 unspecified atom stereocenters. The van der Waals surface area contributed by atoms with Crippen molar-refractivity contribution >= 4 is 17.7 Å². The molecule has 2 saturated heterocycles. The van der Waals surface area contributed by atoms with Gasteiger partial charge in [-0.3, -0.25) is 14.4 Å². The van der Waals surface area contributed by atoms with E-state index in [0.29, 0.717) is 6.42 Å². The molecule has 0 radical (unpaired) electrons. The van der Waals surface area contributed by atoms with Crippen LogP contribution in [0.4, 0.5) is 0 Å². The van der Waals surface area contributed by atoms with Gasteiger partial charge < -0.3 is 80.9 Å². The van der Waals surface area contributed by atoms with Crippen LogP contribution in [-0.4, -0.2) is 171 Å². The van der Waals surface area contributed by atoms with Gasteiger partial charge in [-0.05, 0) is 77.2 Å². The number of aliphatic carboxylic acids is 1. The number of carboxylic acids is 1. The number of carboxylic acid groups (broad SMARTS) is 1. The number of ether oxygens (including phenoxy) is 4. The van der Waals surface area contributed by atoms with Crippen LogP contribution in [0.1, 0.15) is 111 Å². The Morgan fingerprint density at radius 3 is 1.92 bits per heavy atom. The van der Waals surface area contributed by atoms with E-state index in [0.717, 1.165) is 0 Å². The predicted molar refractivity (Wildman–Crippen MR) is 283 cm³/mol. The van der Waals surface area contributed by atoms with Gasteiger partial charge in [0.25, 0.3) is 0 Å². The van der Waals surface area contributed by atoms with Crippen molar-refractivity contribution in [2.24, 2.45) is 23.5 Å². The molecule has 0 aromatic heterocycles. The number of hydrogen-bond donors (Lipinski definition) is 12. The Morgan fingerprint density at radius 1 is 0.763 bits per heavy atom. The van der Waals surface area contributed by atoms with Gasteiger partial charge in [-0.15, -0.1) is 0 Å². The van der Waals surface area contributed by atoms with Gasteiger partial charge in [-0.25, -0.2) is 0 Å². The molecule has 13 N–H and O–H groups in total. The maximum atomic E-state index is 13.3. The molecule has 2 bridgehead atoms. The standard InChI is InChI=1S/C57H87NO18/c1-5-6-17-22-39(59)28-42(62)27-26-37(3)54-36(2)21-18-15-13-11-9-7-8-10-12-14-16-19-25-46(74-56-53(69)51(58)52(68)38(4)73-56)33-48-50(55(70)71)47(66)35-57(72,76-48)34-45(65)31-43(63)29-40(60)23-20-24-41(61)30-44(64)32-49(67)75-54/h5-19,21-22,25,36-38,40-48,50-54,56,60-66,68-69,72H,20,23-24,26-35,58H2,1-4H3,(H,70,71)/b6-5+,8-7+,11-9+,12-10+,15-13+,16-14+,21-18+,22-17+,25-19+/t36?,37?,38-,40?,41?,42?,43?,44?,45?,46?,47?,48?,50?,51+,52-,53+,54?,56?,57?/m1/s1. The summed E-state index contributed by atoms with van der Waals surface area (Å²) in [4.78, 5) is 38.1. The first-order valence-electron chi connectivity index (χ1n) is 26.5. The van der Waals surface area contributed by atoms with Crippen LogP contribution in [0, 0.1) is 17.8 Å². The third-order valence-electron chi connectivity index (χ3n) is 13.6. The zero-order chi connectivity index (χ0) is 56.4. The van der Waals surface area contributed by atoms with Gasteiger partial charge in [0.05, 0.1) is 79.6 Å². The first-order chi connectivity index (χ1) is 36.0. The van der Waals surface area contributed by atoms with Crippen LogP contribution in [0.2, 0.25) is 0 Å². The average molecular weight is 1070 g/mol. The largest absolute Gasteiger partial charge is 0.481 e. The second-order valence-corrected chi connectivity index (χ2v) is 20.5. The first-order valence-corrected chi connectivity index (χ1v) is 26.5. The molecule has 76 heavy (non-hydrogen) atoms. The molecule has 0 saturated carbocycles. The van der Waals surface area contributed by atoms with E-state index in [9.17, 15) is 70.6 Å². The summed E-state index contributed by atoms with van der Waals surface area (Å²) in [7, 11) is 0. The lowest BCUT2D eigenvalue weighted by molar-refractivity contribution is -0.308. The fourth-order valence-electron chi connectivity index (χ4n) is 9.52. The molecule has 0 amide bonds. The van der Waals surface area contributed by atoms with Crippen LogP contribution in [-0.2, 0) is 33.3 Å². The van der Waals surface area contributed by atoms with Crippen molar-refractivity contribution in [1.29, 1.82) is 0 Å². The number of fused-ring (bicyclic) bond motifs is 2. The fourth-order valence-corrected chi connectivity index (χ4v) is 9.52. The molecule has 3 rings (SSSR count). The smallest absolute Gasteiger partial charge is 0.311 e. The van der Waals surface area contributed by atoms with Gasteiger partial charge in [-0.1, -0.05) is 117 Å². The topological polar surface area (TPSA) is 337 Å². The number of rotatable bonds is 11. The highest BCUT2D eigenvalue weighted by molar-refractivity contribution is 5.90. The Labute approximate surface area is 447 Å². The third-order valence-corrected chi connectivity index (χ3v) is 13.6. The molecule has 428 valence electrons. The minimum Gasteiger partial charge on any atom is -0.481 e. The second kappa shape index (κ2) is 34.6. The minimum absolute atomic E-state index is 0.0553. The Morgan fingerprint density at radius 2 is 1.33 bits per heavy atom. The van der Waals surface area contributed by atoms with Crippen molar-refractivity contribution in [3.63, 3.8) is 0 Å². The molecule has 0 aromatic carbocycles. The van der Waals surface area contributed by atoms with Crippen LogP contribution in [0.25, 0.3) is 0 Å². The molecule has 19 nitrogen and oxygen atoms in total. The van der Waals surface area contributed by atoms with Gasteiger partial charge in [0.15, 0.2) is 17.9 Å². The van der Waals surface area contributed by atoms with Crippen molar-refractivity contribution in [2.45, 2.75) is 209 Å². The van der Waals surface area contributed by atoms with E-state index in [1.165, 1.54) is 19.1 Å². The molecule has 3 aliphatic heterocycles. The van der Waals surface area contributed by atoms with Crippen LogP contribution < -0.4 is 5.73 Å². The summed E-state index contributed by atoms with van der Waals surface area (Å²) >= 11 is 0. The van der Waals surface area contributed by atoms with E-state index in [2.05, 4.69) is 0 Å². The highest BCUT2D eigenvalue weighted by atomic mass is 16.7. The Bertz CT molecular complexity index is 2020. The Balaban J connectivity index is 1.85. The molecule has 19 heteroatoms. The summed E-state index contributed by atoms with van der Waals surface area (Å²) in [5, 5.41) is 119. The van der Waals surface area contributed by atoms with E-state index in [1.807, 2.05) is 32.9 Å². The maximum Gasteiger partial charge on any atom is 0.311 e. The van der Waals surface area contributed by atoms with E-state index in [-0.39, 0.29) is 75.4 Å². The second-order valence-electron chi connectivity index (χ2n) is 20.5. The minimum atomic E-state index is -2.28. The van der Waals surface area contributed by atoms with Gasteiger partial charge in [0.1, 0.15) is 18.1 Å². The molecule has 0 aromatic rings. The number of aliphatic hydroxyl groups excluding tert-OH is 9. The predicted octanol–water partition coefficient (Wildman–Crippen LogP) is 3.34. The average Bonchev–Trinajstić information content (AvgIpc) is 3.32. The van der Waals surface area contributed by atoms with Crippen LogP contribution in [0.15, 0.2) is 109 Å². The summed E-state index contributed by atoms with van der Waals surface area (Å²) in [6.07, 6.45) is 12.8. The highest BCUT2D eigenvalue weighted by Crippen LogP contribution is 2.38. The zero-order valence-electron chi connectivity index (χ0n) is 44.3. The van der Waals surface area contributed by atoms with E-state index in [4.69, 9.17) is 24.7 Å². The maximum absolute atomic E-state index is 13.3. The number of carbonyl (C=O) groups is 3. The van der Waals surface area contributed by atoms with Crippen LogP contribution >= 0.6 is 0 Å². The molecular formula is C57H87NO18. The van der Waals surface area contributed by atoms with Gasteiger partial charge >= 0.3 is 11.9 Å². The van der Waals surface area contributed by atoms with Gasteiger partial charge in [0.2, 0.25) is 0 Å². The lowest BCUT2D eigenvalue weighted by Crippen LogP contribution is -2.61. The van der Waals surface area contributed by atoms with E-state index >= 15 is 0 Å². The molecule has 0 aliphatic carbocycles. The number of aliphatic hydroxyl groups is 10. The normalized spacial score (nSPS) is 39.7. The summed E-state index contributed by atoms with van der Waals surface area (Å²) in [6, 6.07) is -1.15. The van der Waals surface area contributed by atoms with Crippen molar-refractivity contribution in [2.75, 3.05) is 0 Å². The van der Waals surface area contributed by atoms with E-state index < -0.39 is 135 Å². The first kappa shape index (κ1) is 66.0. The monoisotopic (exact) mass is 1070 g/mol. The summed E-state index contributed by atoms with van der Waals surface area (Å²) < 4.78 is 23.7. The lowest BCUT2D eigenvalue weighted by Gasteiger charge is -2.45. The molecule has 19 atom stereocenters. The van der Waals surface area contributed by atoms with E-state index in [1.54, 1.807) is 85.1 Å². The molecular weight excluding hydrogens is 987 g/mol. The van der Waals surface area contributed by atoms with Crippen LogP contribution in [0.3, 0.4) is 0 Å². The highest BCUT2D eigenvalue weighted by Gasteiger charge is 2.51. The third kappa shape index (κ3) is 24.6. The zero-order valence-corrected chi connectivity index (χ0v) is 44.3. The number of esters is 1. The van der Waals surface area contributed by atoms with Crippen molar-refractivity contribution in [1.82, 2.24) is 0 Å². The number of allylic oxidation sites excluding steroid dienone is 16. The Hall–Kier alpha value is -4.29. The lowest BCUT2D eigenvalue weighted by atomic mass is 9.82. The summed E-state index contributed by atoms with van der Waals surface area (Å²) in [6.45, 7) is 7.13. The summed E-state index contributed by atoms with van der Waals surface area (Å²) in [5.41, 5.74) is 6.05. The number of hydrogen-bond acceptors (Lipinski definition) is 18. The van der Waals surface area contributed by atoms with Crippen molar-refractivity contribution in [3.05, 3.63) is 109 Å². The molecule has 3 heterocycles. The van der Waals surface area contributed by atoms with Crippen molar-refractivity contribution < 1.29 is 89.5 Å². The SMILES string of the molecule is C/C=C/C=C/C(=O)CC(O)CCC(C)C1OC(=O)CC(O)CC(O)CCCC(O)CC(O)CC(O)CC2(O)CC(O)C(C(=O)O)C(CC(OC3O[C@H](C)[C@@H](O)[C@H](N)[C@@H]3O)/C=C/C=C/C=C/C=C/C=C/C=C/C=C/C1C)O2. The number of cyclic esters (lactones) is 1. The molecule has 3 aliphatic rings. The molecule has 2 fully saturated rings. The number of nitrogens with two attached hydrogens (primary N) is 1. The fraction of sp³-hybridized carbons (Fsp3) is 0.632. The quantitative estimate of drug-likeness (QED) is 0.0802.